The van der Waals surface area contributed by atoms with E-state index in [1.165, 1.54) is 33.2 Å². The molecule has 122 valence electrons. The molecule has 1 N–H and O–H groups in total. The fourth-order valence-corrected chi connectivity index (χ4v) is 5.10. The molecular formula is C20H18FIN2. The highest BCUT2D eigenvalue weighted by molar-refractivity contribution is 14.1. The Morgan fingerprint density at radius 3 is 2.92 bits per heavy atom. The zero-order valence-corrected chi connectivity index (χ0v) is 15.4. The Morgan fingerprint density at radius 1 is 1.17 bits per heavy atom. The van der Waals surface area contributed by atoms with Crippen LogP contribution in [0.15, 0.2) is 42.5 Å². The van der Waals surface area contributed by atoms with Gasteiger partial charge in [-0.15, -0.1) is 0 Å². The van der Waals surface area contributed by atoms with Crippen LogP contribution in [0, 0.1) is 9.39 Å². The van der Waals surface area contributed by atoms with Crippen molar-refractivity contribution in [3.8, 4) is 0 Å². The first-order valence-corrected chi connectivity index (χ1v) is 9.58. The molecule has 2 bridgehead atoms. The minimum Gasteiger partial charge on any atom is -0.358 e. The van der Waals surface area contributed by atoms with Crippen molar-refractivity contribution in [3.63, 3.8) is 0 Å². The van der Waals surface area contributed by atoms with Crippen molar-refractivity contribution in [3.05, 3.63) is 68.7 Å². The Morgan fingerprint density at radius 2 is 2.04 bits per heavy atom. The van der Waals surface area contributed by atoms with Gasteiger partial charge in [0, 0.05) is 45.2 Å². The third kappa shape index (κ3) is 2.23. The first-order valence-electron chi connectivity index (χ1n) is 8.50. The quantitative estimate of drug-likeness (QED) is 0.554. The van der Waals surface area contributed by atoms with Gasteiger partial charge in [0.15, 0.2) is 0 Å². The number of hydrogen-bond acceptors (Lipinski definition) is 1. The Hall–Kier alpha value is -1.40. The smallest absolute Gasteiger partial charge is 0.123 e. The first-order chi connectivity index (χ1) is 11.7. The minimum absolute atomic E-state index is 0.145. The van der Waals surface area contributed by atoms with Gasteiger partial charge in [-0.2, -0.15) is 0 Å². The van der Waals surface area contributed by atoms with Crippen LogP contribution in [0.2, 0.25) is 0 Å². The van der Waals surface area contributed by atoms with Gasteiger partial charge in [0.05, 0.1) is 0 Å². The summed E-state index contributed by atoms with van der Waals surface area (Å²) in [5.41, 5.74) is 5.12. The molecule has 1 saturated heterocycles. The Balaban J connectivity index is 1.58. The maximum absolute atomic E-state index is 13.8. The van der Waals surface area contributed by atoms with Crippen LogP contribution in [0.5, 0.6) is 0 Å². The van der Waals surface area contributed by atoms with Crippen molar-refractivity contribution >= 4 is 33.5 Å². The van der Waals surface area contributed by atoms with E-state index < -0.39 is 0 Å². The third-order valence-corrected chi connectivity index (χ3v) is 6.66. The van der Waals surface area contributed by atoms with E-state index in [1.54, 1.807) is 12.1 Å². The molecule has 0 aliphatic carbocycles. The zero-order chi connectivity index (χ0) is 16.3. The Bertz CT molecular complexity index is 933. The molecule has 1 fully saturated rings. The topological polar surface area (TPSA) is 19.0 Å². The monoisotopic (exact) mass is 432 g/mol. The van der Waals surface area contributed by atoms with Crippen molar-refractivity contribution in [1.82, 2.24) is 9.88 Å². The molecule has 0 saturated carbocycles. The van der Waals surface area contributed by atoms with E-state index in [-0.39, 0.29) is 5.82 Å². The van der Waals surface area contributed by atoms with Crippen LogP contribution in [0.4, 0.5) is 4.39 Å². The second-order valence-corrected chi connectivity index (χ2v) is 8.08. The summed E-state index contributed by atoms with van der Waals surface area (Å²) in [5.74, 6) is -0.145. The number of rotatable bonds is 2. The maximum Gasteiger partial charge on any atom is 0.123 e. The molecular weight excluding hydrogens is 414 g/mol. The lowest BCUT2D eigenvalue weighted by atomic mass is 9.96. The lowest BCUT2D eigenvalue weighted by Crippen LogP contribution is -2.36. The summed E-state index contributed by atoms with van der Waals surface area (Å²) in [7, 11) is 0. The van der Waals surface area contributed by atoms with Crippen LogP contribution in [-0.2, 0) is 13.0 Å². The number of nitrogens with zero attached hydrogens (tertiary/aromatic N) is 1. The fraction of sp³-hybridized carbons (Fsp3) is 0.300. The molecule has 3 aromatic rings. The second-order valence-electron chi connectivity index (χ2n) is 6.92. The van der Waals surface area contributed by atoms with Crippen LogP contribution in [0.25, 0.3) is 10.9 Å². The molecule has 5 rings (SSSR count). The van der Waals surface area contributed by atoms with Crippen LogP contribution >= 0.6 is 22.6 Å². The zero-order valence-electron chi connectivity index (χ0n) is 13.2. The number of nitrogens with one attached hydrogen (secondary N) is 1. The normalized spacial score (nSPS) is 22.9. The van der Waals surface area contributed by atoms with E-state index in [1.807, 2.05) is 6.07 Å². The molecule has 2 aliphatic rings. The molecule has 2 nitrogen and oxygen atoms in total. The van der Waals surface area contributed by atoms with E-state index in [0.29, 0.717) is 12.1 Å². The highest BCUT2D eigenvalue weighted by Crippen LogP contribution is 2.47. The summed E-state index contributed by atoms with van der Waals surface area (Å²) in [6, 6.07) is 14.7. The summed E-state index contributed by atoms with van der Waals surface area (Å²) in [6.45, 7) is 0.982. The molecule has 0 radical (unpaired) electrons. The predicted molar refractivity (Wildman–Crippen MR) is 102 cm³/mol. The van der Waals surface area contributed by atoms with Gasteiger partial charge in [0.25, 0.3) is 0 Å². The van der Waals surface area contributed by atoms with Gasteiger partial charge in [0.2, 0.25) is 0 Å². The number of benzene rings is 2. The van der Waals surface area contributed by atoms with Crippen molar-refractivity contribution in [2.45, 2.75) is 37.9 Å². The maximum atomic E-state index is 13.8. The number of H-pyrrole nitrogens is 1. The summed E-state index contributed by atoms with van der Waals surface area (Å²) in [6.07, 6.45) is 3.45. The van der Waals surface area contributed by atoms with Crippen molar-refractivity contribution in [1.29, 1.82) is 0 Å². The SMILES string of the molecule is Fc1ccc2[nH]c3c(c2c1)C1CCC(C3)N1Cc1ccccc1I. The van der Waals surface area contributed by atoms with Gasteiger partial charge < -0.3 is 4.98 Å². The average molecular weight is 432 g/mol. The molecule has 0 spiro atoms. The van der Waals surface area contributed by atoms with Crippen LogP contribution < -0.4 is 0 Å². The van der Waals surface area contributed by atoms with Gasteiger partial charge in [0.1, 0.15) is 5.82 Å². The van der Waals surface area contributed by atoms with Crippen molar-refractivity contribution < 1.29 is 4.39 Å². The number of aromatic nitrogens is 1. The highest BCUT2D eigenvalue weighted by Gasteiger charge is 2.41. The number of halogens is 2. The van der Waals surface area contributed by atoms with E-state index in [2.05, 4.69) is 56.7 Å². The van der Waals surface area contributed by atoms with Gasteiger partial charge in [-0.3, -0.25) is 4.90 Å². The summed E-state index contributed by atoms with van der Waals surface area (Å²) < 4.78 is 15.1. The molecule has 3 heterocycles. The van der Waals surface area contributed by atoms with Gasteiger partial charge in [-0.1, -0.05) is 18.2 Å². The highest BCUT2D eigenvalue weighted by atomic mass is 127. The second kappa shape index (κ2) is 5.56. The van der Waals surface area contributed by atoms with E-state index in [0.717, 1.165) is 23.9 Å². The lowest BCUT2D eigenvalue weighted by molar-refractivity contribution is 0.168. The predicted octanol–water partition coefficient (Wildman–Crippen LogP) is 5.17. The first kappa shape index (κ1) is 14.9. The standard InChI is InChI=1S/C20H18FIN2/c21-13-5-7-17-15(9-13)20-18(23-17)10-14-6-8-19(20)24(14)11-12-3-1-2-4-16(12)22/h1-5,7,9,14,19,23H,6,8,10-11H2. The molecule has 1 aromatic heterocycles. The molecule has 24 heavy (non-hydrogen) atoms. The summed E-state index contributed by atoms with van der Waals surface area (Å²) in [5, 5.41) is 1.07. The third-order valence-electron chi connectivity index (χ3n) is 5.61. The van der Waals surface area contributed by atoms with Crippen LogP contribution in [-0.4, -0.2) is 15.9 Å². The molecule has 2 unspecified atom stereocenters. The molecule has 2 atom stereocenters. The van der Waals surface area contributed by atoms with Gasteiger partial charge in [-0.25, -0.2) is 4.39 Å². The van der Waals surface area contributed by atoms with E-state index in [4.69, 9.17) is 0 Å². The van der Waals surface area contributed by atoms with E-state index in [9.17, 15) is 4.39 Å². The number of hydrogen-bond donors (Lipinski definition) is 1. The number of fused-ring (bicyclic) bond motifs is 6. The Labute approximate surface area is 154 Å². The van der Waals surface area contributed by atoms with Gasteiger partial charge >= 0.3 is 0 Å². The fourth-order valence-electron chi connectivity index (χ4n) is 4.55. The molecule has 2 aliphatic heterocycles. The molecule has 2 aromatic carbocycles. The summed E-state index contributed by atoms with van der Waals surface area (Å²) in [4.78, 5) is 6.18. The molecule has 0 amide bonds. The average Bonchev–Trinajstić information content (AvgIpc) is 3.05. The van der Waals surface area contributed by atoms with Gasteiger partial charge in [-0.05, 0) is 70.8 Å². The number of aromatic amines is 1. The Kier molecular flexibility index (Phi) is 3.45. The van der Waals surface area contributed by atoms with Crippen LogP contribution in [0.1, 0.15) is 35.7 Å². The minimum atomic E-state index is -0.145. The largest absolute Gasteiger partial charge is 0.358 e. The van der Waals surface area contributed by atoms with Crippen LogP contribution in [0.3, 0.4) is 0 Å². The lowest BCUT2D eigenvalue weighted by Gasteiger charge is -2.35. The summed E-state index contributed by atoms with van der Waals surface area (Å²) >= 11 is 2.43. The van der Waals surface area contributed by atoms with Crippen molar-refractivity contribution in [2.75, 3.05) is 0 Å². The molecule has 4 heteroatoms. The van der Waals surface area contributed by atoms with E-state index >= 15 is 0 Å². The van der Waals surface area contributed by atoms with Crippen molar-refractivity contribution in [2.24, 2.45) is 0 Å².